The highest BCUT2D eigenvalue weighted by Crippen LogP contribution is 2.07. The van der Waals surface area contributed by atoms with E-state index in [1.54, 1.807) is 0 Å². The highest BCUT2D eigenvalue weighted by molar-refractivity contribution is 5.76. The smallest absolute Gasteiger partial charge is 0.307 e. The molecule has 0 unspecified atom stereocenters. The predicted octanol–water partition coefficient (Wildman–Crippen LogP) is 1.52. The molecule has 1 aromatic rings. The molecule has 0 aliphatic heterocycles. The predicted molar refractivity (Wildman–Crippen MR) is 50.9 cm³/mol. The minimum atomic E-state index is -0.961. The standard InChI is InChI=1S/C10H8FNO3/c11-10-8(6-13)4-7(5-12-10)2-1-3-9(14)15/h1-2,4-6H,3H2,(H,14,15). The summed E-state index contributed by atoms with van der Waals surface area (Å²) in [7, 11) is 0. The van der Waals surface area contributed by atoms with Gasteiger partial charge >= 0.3 is 5.97 Å². The average molecular weight is 209 g/mol. The van der Waals surface area contributed by atoms with Crippen molar-refractivity contribution < 1.29 is 19.1 Å². The number of halogens is 1. The third-order valence-electron chi connectivity index (χ3n) is 1.62. The molecule has 0 radical (unpaired) electrons. The SMILES string of the molecule is O=Cc1cc(C=CCC(=O)O)cnc1F. The number of aromatic nitrogens is 1. The van der Waals surface area contributed by atoms with Gasteiger partial charge in [0, 0.05) is 6.20 Å². The molecule has 0 spiro atoms. The number of rotatable bonds is 4. The molecule has 0 aliphatic carbocycles. The minimum absolute atomic E-state index is 0.131. The van der Waals surface area contributed by atoms with Gasteiger partial charge in [0.1, 0.15) is 0 Å². The number of carboxylic acid groups (broad SMARTS) is 1. The number of aliphatic carboxylic acids is 1. The van der Waals surface area contributed by atoms with Gasteiger partial charge in [0.25, 0.3) is 0 Å². The second-order valence-corrected chi connectivity index (χ2v) is 2.77. The van der Waals surface area contributed by atoms with E-state index < -0.39 is 11.9 Å². The molecule has 1 heterocycles. The minimum Gasteiger partial charge on any atom is -0.481 e. The third kappa shape index (κ3) is 3.30. The molecule has 0 aliphatic rings. The molecule has 1 aromatic heterocycles. The first-order valence-electron chi connectivity index (χ1n) is 4.12. The van der Waals surface area contributed by atoms with Crippen LogP contribution >= 0.6 is 0 Å². The molecule has 0 amide bonds. The fourth-order valence-electron chi connectivity index (χ4n) is 0.952. The van der Waals surface area contributed by atoms with Crippen LogP contribution in [0.1, 0.15) is 22.3 Å². The van der Waals surface area contributed by atoms with Gasteiger partial charge in [0.15, 0.2) is 6.29 Å². The molecule has 0 saturated heterocycles. The third-order valence-corrected chi connectivity index (χ3v) is 1.62. The number of nitrogens with zero attached hydrogens (tertiary/aromatic N) is 1. The topological polar surface area (TPSA) is 67.3 Å². The second-order valence-electron chi connectivity index (χ2n) is 2.77. The van der Waals surface area contributed by atoms with Crippen molar-refractivity contribution in [2.75, 3.05) is 0 Å². The van der Waals surface area contributed by atoms with E-state index in [0.29, 0.717) is 11.8 Å². The largest absolute Gasteiger partial charge is 0.481 e. The van der Waals surface area contributed by atoms with Gasteiger partial charge in [-0.25, -0.2) is 4.98 Å². The first-order chi connectivity index (χ1) is 7.13. The number of hydrogen-bond acceptors (Lipinski definition) is 3. The van der Waals surface area contributed by atoms with E-state index in [0.717, 1.165) is 0 Å². The van der Waals surface area contributed by atoms with Gasteiger partial charge in [-0.1, -0.05) is 12.2 Å². The Morgan fingerprint density at radius 2 is 2.33 bits per heavy atom. The van der Waals surface area contributed by atoms with Crippen molar-refractivity contribution >= 4 is 18.3 Å². The molecule has 1 N–H and O–H groups in total. The van der Waals surface area contributed by atoms with Crippen LogP contribution in [0.4, 0.5) is 4.39 Å². The maximum absolute atomic E-state index is 12.8. The number of carbonyl (C=O) groups is 2. The monoisotopic (exact) mass is 209 g/mol. The van der Waals surface area contributed by atoms with E-state index in [-0.39, 0.29) is 12.0 Å². The van der Waals surface area contributed by atoms with Crippen molar-refractivity contribution in [3.63, 3.8) is 0 Å². The Balaban J connectivity index is 2.82. The summed E-state index contributed by atoms with van der Waals surface area (Å²) >= 11 is 0. The van der Waals surface area contributed by atoms with Crippen molar-refractivity contribution in [2.45, 2.75) is 6.42 Å². The van der Waals surface area contributed by atoms with Gasteiger partial charge < -0.3 is 5.11 Å². The lowest BCUT2D eigenvalue weighted by molar-refractivity contribution is -0.135. The van der Waals surface area contributed by atoms with Gasteiger partial charge in [0.05, 0.1) is 12.0 Å². The van der Waals surface area contributed by atoms with Crippen LogP contribution in [-0.4, -0.2) is 22.3 Å². The molecule has 15 heavy (non-hydrogen) atoms. The van der Waals surface area contributed by atoms with Crippen LogP contribution < -0.4 is 0 Å². The quantitative estimate of drug-likeness (QED) is 0.603. The first-order valence-corrected chi connectivity index (χ1v) is 4.12. The van der Waals surface area contributed by atoms with Crippen molar-refractivity contribution in [2.24, 2.45) is 0 Å². The Hall–Kier alpha value is -2.04. The van der Waals surface area contributed by atoms with E-state index in [4.69, 9.17) is 5.11 Å². The first kappa shape index (κ1) is 11.0. The maximum atomic E-state index is 12.8. The lowest BCUT2D eigenvalue weighted by Crippen LogP contribution is -1.93. The van der Waals surface area contributed by atoms with E-state index in [2.05, 4.69) is 4.98 Å². The van der Waals surface area contributed by atoms with Crippen LogP contribution in [0.3, 0.4) is 0 Å². The lowest BCUT2D eigenvalue weighted by Gasteiger charge is -1.95. The zero-order chi connectivity index (χ0) is 11.3. The summed E-state index contributed by atoms with van der Waals surface area (Å²) in [6, 6.07) is 1.30. The van der Waals surface area contributed by atoms with Gasteiger partial charge in [-0.15, -0.1) is 0 Å². The molecular weight excluding hydrogens is 201 g/mol. The van der Waals surface area contributed by atoms with Crippen LogP contribution in [0.25, 0.3) is 6.08 Å². The molecule has 4 nitrogen and oxygen atoms in total. The van der Waals surface area contributed by atoms with Crippen molar-refractivity contribution in [3.05, 3.63) is 35.4 Å². The molecular formula is C10H8FNO3. The lowest BCUT2D eigenvalue weighted by atomic mass is 10.2. The fourth-order valence-corrected chi connectivity index (χ4v) is 0.952. The van der Waals surface area contributed by atoms with Crippen molar-refractivity contribution in [1.29, 1.82) is 0 Å². The Labute approximate surface area is 85.1 Å². The molecule has 0 bridgehead atoms. The number of pyridine rings is 1. The molecule has 0 aromatic carbocycles. The zero-order valence-corrected chi connectivity index (χ0v) is 7.68. The van der Waals surface area contributed by atoms with Crippen LogP contribution in [-0.2, 0) is 4.79 Å². The van der Waals surface area contributed by atoms with E-state index in [9.17, 15) is 14.0 Å². The Morgan fingerprint density at radius 3 is 2.93 bits per heavy atom. The molecule has 0 atom stereocenters. The van der Waals surface area contributed by atoms with Crippen molar-refractivity contribution in [3.8, 4) is 0 Å². The molecule has 0 saturated carbocycles. The highest BCUT2D eigenvalue weighted by Gasteiger charge is 2.01. The second kappa shape index (κ2) is 4.99. The zero-order valence-electron chi connectivity index (χ0n) is 7.68. The van der Waals surface area contributed by atoms with E-state index in [1.165, 1.54) is 24.4 Å². The number of hydrogen-bond donors (Lipinski definition) is 1. The molecule has 0 fully saturated rings. The maximum Gasteiger partial charge on any atom is 0.307 e. The normalized spacial score (nSPS) is 10.5. The summed E-state index contributed by atoms with van der Waals surface area (Å²) in [6.07, 6.45) is 4.31. The van der Waals surface area contributed by atoms with Crippen LogP contribution in [0.5, 0.6) is 0 Å². The number of carbonyl (C=O) groups excluding carboxylic acids is 1. The summed E-state index contributed by atoms with van der Waals surface area (Å²) < 4.78 is 12.8. The van der Waals surface area contributed by atoms with E-state index >= 15 is 0 Å². The summed E-state index contributed by atoms with van der Waals surface area (Å²) in [5.74, 6) is -1.79. The fraction of sp³-hybridized carbons (Fsp3) is 0.100. The Morgan fingerprint density at radius 1 is 1.60 bits per heavy atom. The molecule has 78 valence electrons. The van der Waals surface area contributed by atoms with Gasteiger partial charge in [0.2, 0.25) is 5.95 Å². The van der Waals surface area contributed by atoms with Crippen LogP contribution in [0.15, 0.2) is 18.3 Å². The Kier molecular flexibility index (Phi) is 3.68. The summed E-state index contributed by atoms with van der Waals surface area (Å²) in [4.78, 5) is 23.9. The van der Waals surface area contributed by atoms with E-state index in [1.807, 2.05) is 0 Å². The van der Waals surface area contributed by atoms with Gasteiger partial charge in [-0.3, -0.25) is 9.59 Å². The highest BCUT2D eigenvalue weighted by atomic mass is 19.1. The Bertz CT molecular complexity index is 415. The number of aldehydes is 1. The summed E-state index contributed by atoms with van der Waals surface area (Å²) in [5.41, 5.74) is 0.340. The van der Waals surface area contributed by atoms with Crippen molar-refractivity contribution in [1.82, 2.24) is 4.98 Å². The number of carboxylic acids is 1. The van der Waals surface area contributed by atoms with Gasteiger partial charge in [-0.05, 0) is 11.6 Å². The van der Waals surface area contributed by atoms with Crippen LogP contribution in [0, 0.1) is 5.95 Å². The molecule has 5 heteroatoms. The van der Waals surface area contributed by atoms with Gasteiger partial charge in [-0.2, -0.15) is 4.39 Å². The average Bonchev–Trinajstić information content (AvgIpc) is 2.20. The summed E-state index contributed by atoms with van der Waals surface area (Å²) in [6.45, 7) is 0. The summed E-state index contributed by atoms with van der Waals surface area (Å²) in [5, 5.41) is 8.35. The molecule has 1 rings (SSSR count). The van der Waals surface area contributed by atoms with Crippen LogP contribution in [0.2, 0.25) is 0 Å².